The van der Waals surface area contributed by atoms with E-state index in [4.69, 9.17) is 10.5 Å². The van der Waals surface area contributed by atoms with Gasteiger partial charge in [-0.05, 0) is 6.07 Å². The van der Waals surface area contributed by atoms with Crippen molar-refractivity contribution in [2.24, 2.45) is 5.73 Å². The van der Waals surface area contributed by atoms with Crippen LogP contribution in [0, 0.1) is 0 Å². The highest BCUT2D eigenvalue weighted by Crippen LogP contribution is 2.20. The molecule has 15 heavy (non-hydrogen) atoms. The van der Waals surface area contributed by atoms with Crippen LogP contribution in [0.1, 0.15) is 5.56 Å². The van der Waals surface area contributed by atoms with Gasteiger partial charge in [0, 0.05) is 12.1 Å². The second-order valence-corrected chi connectivity index (χ2v) is 2.83. The van der Waals surface area contributed by atoms with Crippen LogP contribution < -0.4 is 10.5 Å². The molecule has 0 saturated heterocycles. The number of benzene rings is 1. The Bertz CT molecular complexity index is 295. The van der Waals surface area contributed by atoms with E-state index in [-0.39, 0.29) is 12.4 Å². The van der Waals surface area contributed by atoms with E-state index in [1.807, 2.05) is 0 Å². The first-order valence-corrected chi connectivity index (χ1v) is 4.54. The van der Waals surface area contributed by atoms with Gasteiger partial charge < -0.3 is 15.2 Å². The van der Waals surface area contributed by atoms with E-state index in [2.05, 4.69) is 4.74 Å². The Kier molecular flexibility index (Phi) is 5.00. The molecule has 5 heteroatoms. The molecule has 84 valence electrons. The summed E-state index contributed by atoms with van der Waals surface area (Å²) in [5, 5.41) is 0. The minimum Gasteiger partial charge on any atom is -0.434 e. The first kappa shape index (κ1) is 11.9. The summed E-state index contributed by atoms with van der Waals surface area (Å²) < 4.78 is 33.5. The van der Waals surface area contributed by atoms with Crippen molar-refractivity contribution in [3.05, 3.63) is 29.8 Å². The van der Waals surface area contributed by atoms with Crippen LogP contribution in [0.15, 0.2) is 24.3 Å². The number of alkyl halides is 2. The summed E-state index contributed by atoms with van der Waals surface area (Å²) in [5.74, 6) is 0.143. The molecule has 1 aromatic rings. The molecular formula is C10H13F2NO2. The number of nitrogens with two attached hydrogens (primary N) is 1. The molecule has 3 nitrogen and oxygen atoms in total. The van der Waals surface area contributed by atoms with Gasteiger partial charge in [0.25, 0.3) is 0 Å². The highest BCUT2D eigenvalue weighted by atomic mass is 19.3. The number of hydrogen-bond donors (Lipinski definition) is 1. The summed E-state index contributed by atoms with van der Waals surface area (Å²) in [4.78, 5) is 0. The van der Waals surface area contributed by atoms with Gasteiger partial charge in [-0.15, -0.1) is 0 Å². The maximum Gasteiger partial charge on any atom is 0.387 e. The molecule has 0 aromatic heterocycles. The molecular weight excluding hydrogens is 204 g/mol. The van der Waals surface area contributed by atoms with Crippen LogP contribution in [0.25, 0.3) is 0 Å². The average Bonchev–Trinajstić information content (AvgIpc) is 2.20. The van der Waals surface area contributed by atoms with Crippen LogP contribution in [-0.4, -0.2) is 19.8 Å². The van der Waals surface area contributed by atoms with Gasteiger partial charge in [-0.3, -0.25) is 0 Å². The zero-order valence-electron chi connectivity index (χ0n) is 8.16. The van der Waals surface area contributed by atoms with E-state index in [0.29, 0.717) is 18.7 Å². The van der Waals surface area contributed by atoms with Crippen molar-refractivity contribution in [2.75, 3.05) is 13.2 Å². The smallest absolute Gasteiger partial charge is 0.387 e. The molecule has 0 atom stereocenters. The number of halogens is 2. The first-order valence-electron chi connectivity index (χ1n) is 4.54. The highest BCUT2D eigenvalue weighted by Gasteiger charge is 2.08. The summed E-state index contributed by atoms with van der Waals surface area (Å²) in [6.45, 7) is -1.80. The molecule has 1 aromatic carbocycles. The minimum atomic E-state index is -2.82. The zero-order valence-corrected chi connectivity index (χ0v) is 8.16. The third-order valence-corrected chi connectivity index (χ3v) is 1.71. The molecule has 2 N–H and O–H groups in total. The van der Waals surface area contributed by atoms with Crippen molar-refractivity contribution in [3.63, 3.8) is 0 Å². The van der Waals surface area contributed by atoms with E-state index in [0.717, 1.165) is 0 Å². The van der Waals surface area contributed by atoms with Gasteiger partial charge in [-0.25, -0.2) is 0 Å². The van der Waals surface area contributed by atoms with E-state index >= 15 is 0 Å². The molecule has 0 unspecified atom stereocenters. The lowest BCUT2D eigenvalue weighted by atomic mass is 10.2. The van der Waals surface area contributed by atoms with Gasteiger partial charge >= 0.3 is 6.61 Å². The second kappa shape index (κ2) is 6.31. The maximum absolute atomic E-state index is 12.0. The second-order valence-electron chi connectivity index (χ2n) is 2.83. The normalized spacial score (nSPS) is 10.7. The van der Waals surface area contributed by atoms with Gasteiger partial charge in [0.1, 0.15) is 5.75 Å². The average molecular weight is 217 g/mol. The Hall–Kier alpha value is -1.20. The molecule has 0 heterocycles. The van der Waals surface area contributed by atoms with Crippen LogP contribution in [0.3, 0.4) is 0 Å². The van der Waals surface area contributed by atoms with Gasteiger partial charge in [-0.1, -0.05) is 18.2 Å². The number of para-hydroxylation sites is 1. The Morgan fingerprint density at radius 1 is 1.27 bits per heavy atom. The number of ether oxygens (including phenoxy) is 2. The van der Waals surface area contributed by atoms with Crippen molar-refractivity contribution in [3.8, 4) is 5.75 Å². The van der Waals surface area contributed by atoms with E-state index in [9.17, 15) is 8.78 Å². The summed E-state index contributed by atoms with van der Waals surface area (Å²) in [6, 6.07) is 6.52. The predicted molar refractivity (Wildman–Crippen MR) is 51.8 cm³/mol. The van der Waals surface area contributed by atoms with Crippen molar-refractivity contribution < 1.29 is 18.3 Å². The Morgan fingerprint density at radius 3 is 2.67 bits per heavy atom. The Balaban J connectivity index is 2.60. The van der Waals surface area contributed by atoms with Gasteiger partial charge in [0.2, 0.25) is 0 Å². The van der Waals surface area contributed by atoms with Gasteiger partial charge in [-0.2, -0.15) is 8.78 Å². The molecule has 0 radical (unpaired) electrons. The van der Waals surface area contributed by atoms with Crippen LogP contribution in [0.5, 0.6) is 5.75 Å². The molecule has 0 saturated carbocycles. The third kappa shape index (κ3) is 4.22. The zero-order chi connectivity index (χ0) is 11.1. The standard InChI is InChI=1S/C10H13F2NO2/c11-10(12)15-9-4-2-1-3-8(9)7-14-6-5-13/h1-4,10H,5-7,13H2. The van der Waals surface area contributed by atoms with Gasteiger partial charge in [0.05, 0.1) is 13.2 Å². The summed E-state index contributed by atoms with van der Waals surface area (Å²) in [7, 11) is 0. The fourth-order valence-electron chi connectivity index (χ4n) is 1.10. The lowest BCUT2D eigenvalue weighted by molar-refractivity contribution is -0.0513. The summed E-state index contributed by atoms with van der Waals surface area (Å²) in [5.41, 5.74) is 5.82. The lowest BCUT2D eigenvalue weighted by Gasteiger charge is -2.10. The van der Waals surface area contributed by atoms with Crippen molar-refractivity contribution >= 4 is 0 Å². The van der Waals surface area contributed by atoms with Crippen LogP contribution in [0.4, 0.5) is 8.78 Å². The highest BCUT2D eigenvalue weighted by molar-refractivity contribution is 5.32. The summed E-state index contributed by atoms with van der Waals surface area (Å²) >= 11 is 0. The van der Waals surface area contributed by atoms with Crippen molar-refractivity contribution in [1.29, 1.82) is 0 Å². The first-order chi connectivity index (χ1) is 7.24. The Labute approximate surface area is 86.8 Å². The monoisotopic (exact) mass is 217 g/mol. The number of rotatable bonds is 6. The fraction of sp³-hybridized carbons (Fsp3) is 0.400. The van der Waals surface area contributed by atoms with Gasteiger partial charge in [0.15, 0.2) is 0 Å². The minimum absolute atomic E-state index is 0.143. The number of hydrogen-bond acceptors (Lipinski definition) is 3. The SMILES string of the molecule is NCCOCc1ccccc1OC(F)F. The predicted octanol–water partition coefficient (Wildman–Crippen LogP) is 1.76. The molecule has 0 aliphatic heterocycles. The largest absolute Gasteiger partial charge is 0.434 e. The van der Waals surface area contributed by atoms with Crippen LogP contribution in [-0.2, 0) is 11.3 Å². The molecule has 0 spiro atoms. The van der Waals surface area contributed by atoms with E-state index < -0.39 is 6.61 Å². The van der Waals surface area contributed by atoms with E-state index in [1.54, 1.807) is 18.2 Å². The maximum atomic E-state index is 12.0. The molecule has 1 rings (SSSR count). The molecule has 0 amide bonds. The molecule has 0 fully saturated rings. The topological polar surface area (TPSA) is 44.5 Å². The fourth-order valence-corrected chi connectivity index (χ4v) is 1.10. The third-order valence-electron chi connectivity index (χ3n) is 1.71. The van der Waals surface area contributed by atoms with Crippen LogP contribution >= 0.6 is 0 Å². The van der Waals surface area contributed by atoms with Crippen molar-refractivity contribution in [1.82, 2.24) is 0 Å². The van der Waals surface area contributed by atoms with Crippen LogP contribution in [0.2, 0.25) is 0 Å². The lowest BCUT2D eigenvalue weighted by Crippen LogP contribution is -2.09. The Morgan fingerprint density at radius 2 is 2.00 bits per heavy atom. The molecule has 0 aliphatic carbocycles. The summed E-state index contributed by atoms with van der Waals surface area (Å²) in [6.07, 6.45) is 0. The van der Waals surface area contributed by atoms with Crippen molar-refractivity contribution in [2.45, 2.75) is 13.2 Å². The molecule has 0 bridgehead atoms. The van der Waals surface area contributed by atoms with E-state index in [1.165, 1.54) is 6.07 Å². The molecule has 0 aliphatic rings. The quantitative estimate of drug-likeness (QED) is 0.738.